The molecule has 0 aliphatic carbocycles. The van der Waals surface area contributed by atoms with Gasteiger partial charge in [0, 0.05) is 37.9 Å². The van der Waals surface area contributed by atoms with E-state index in [4.69, 9.17) is 0 Å². The molecule has 0 spiro atoms. The highest BCUT2D eigenvalue weighted by atomic mass is 16.2. The smallest absolute Gasteiger partial charge is 0.254 e. The van der Waals surface area contributed by atoms with Crippen LogP contribution in [0.25, 0.3) is 0 Å². The van der Waals surface area contributed by atoms with Gasteiger partial charge in [0.25, 0.3) is 5.91 Å². The quantitative estimate of drug-likeness (QED) is 0.800. The molecule has 0 unspecified atom stereocenters. The zero-order valence-electron chi connectivity index (χ0n) is 14.1. The van der Waals surface area contributed by atoms with Gasteiger partial charge in [-0.1, -0.05) is 6.92 Å². The molecule has 0 fully saturated rings. The summed E-state index contributed by atoms with van der Waals surface area (Å²) in [5.41, 5.74) is 1.73. The third-order valence-electron chi connectivity index (χ3n) is 3.64. The molecule has 0 atom stereocenters. The van der Waals surface area contributed by atoms with Crippen molar-refractivity contribution in [3.63, 3.8) is 0 Å². The van der Waals surface area contributed by atoms with Gasteiger partial charge < -0.3 is 15.1 Å². The van der Waals surface area contributed by atoms with E-state index in [0.29, 0.717) is 12.1 Å². The van der Waals surface area contributed by atoms with Gasteiger partial charge in [-0.15, -0.1) is 0 Å². The summed E-state index contributed by atoms with van der Waals surface area (Å²) in [7, 11) is 1.58. The lowest BCUT2D eigenvalue weighted by Crippen LogP contribution is -2.40. The number of nitrogens with one attached hydrogen (secondary N) is 1. The number of amides is 2. The van der Waals surface area contributed by atoms with Crippen LogP contribution in [0.3, 0.4) is 0 Å². The van der Waals surface area contributed by atoms with Crippen LogP contribution in [-0.4, -0.2) is 49.9 Å². The zero-order chi connectivity index (χ0) is 16.5. The number of rotatable bonds is 8. The van der Waals surface area contributed by atoms with Crippen molar-refractivity contribution in [2.24, 2.45) is 0 Å². The average Bonchev–Trinajstić information content (AvgIpc) is 2.55. The Hall–Kier alpha value is -2.04. The van der Waals surface area contributed by atoms with Crippen molar-refractivity contribution in [3.05, 3.63) is 29.8 Å². The third-order valence-corrected chi connectivity index (χ3v) is 3.64. The summed E-state index contributed by atoms with van der Waals surface area (Å²) >= 11 is 0. The Kier molecular flexibility index (Phi) is 7.43. The largest absolute Gasteiger partial charge is 0.372 e. The first-order valence-corrected chi connectivity index (χ1v) is 7.92. The summed E-state index contributed by atoms with van der Waals surface area (Å²) in [5.74, 6) is -0.252. The molecular weight excluding hydrogens is 278 g/mol. The number of likely N-dealkylation sites (N-methyl/N-ethyl adjacent to an activating group) is 1. The maximum absolute atomic E-state index is 12.5. The van der Waals surface area contributed by atoms with Crippen LogP contribution in [0.5, 0.6) is 0 Å². The second kappa shape index (κ2) is 9.07. The van der Waals surface area contributed by atoms with Crippen LogP contribution < -0.4 is 10.2 Å². The van der Waals surface area contributed by atoms with Gasteiger partial charge in [-0.05, 0) is 44.5 Å². The second-order valence-electron chi connectivity index (χ2n) is 5.12. The van der Waals surface area contributed by atoms with E-state index in [0.717, 1.165) is 25.2 Å². The van der Waals surface area contributed by atoms with Crippen LogP contribution >= 0.6 is 0 Å². The first-order valence-electron chi connectivity index (χ1n) is 7.92. The maximum atomic E-state index is 12.5. The summed E-state index contributed by atoms with van der Waals surface area (Å²) in [6.07, 6.45) is 0.820. The summed E-state index contributed by atoms with van der Waals surface area (Å²) in [6.45, 7) is 8.74. The Morgan fingerprint density at radius 2 is 1.64 bits per heavy atom. The first kappa shape index (κ1) is 18.0. The van der Waals surface area contributed by atoms with Gasteiger partial charge in [0.2, 0.25) is 5.91 Å². The average molecular weight is 305 g/mol. The highest BCUT2D eigenvalue weighted by molar-refractivity contribution is 5.96. The number of carbonyl (C=O) groups is 2. The van der Waals surface area contributed by atoms with Crippen LogP contribution in [0.4, 0.5) is 5.69 Å². The maximum Gasteiger partial charge on any atom is 0.254 e. The minimum absolute atomic E-state index is 0.0982. The molecule has 1 rings (SSSR count). The summed E-state index contributed by atoms with van der Waals surface area (Å²) in [5, 5.41) is 2.56. The topological polar surface area (TPSA) is 52.7 Å². The van der Waals surface area contributed by atoms with E-state index >= 15 is 0 Å². The van der Waals surface area contributed by atoms with Crippen LogP contribution in [0.15, 0.2) is 24.3 Å². The standard InChI is InChI=1S/C17H27N3O2/c1-5-12-20(13-16(21)18-4)17(22)14-8-10-15(11-9-14)19(6-2)7-3/h8-11H,5-7,12-13H2,1-4H3,(H,18,21). The van der Waals surface area contributed by atoms with Crippen molar-refractivity contribution in [2.75, 3.05) is 38.1 Å². The minimum atomic E-state index is -0.151. The highest BCUT2D eigenvalue weighted by Gasteiger charge is 2.17. The molecule has 1 aromatic carbocycles. The van der Waals surface area contributed by atoms with Crippen molar-refractivity contribution in [1.82, 2.24) is 10.2 Å². The van der Waals surface area contributed by atoms with E-state index < -0.39 is 0 Å². The first-order chi connectivity index (χ1) is 10.6. The molecule has 122 valence electrons. The monoisotopic (exact) mass is 305 g/mol. The third kappa shape index (κ3) is 4.76. The fourth-order valence-electron chi connectivity index (χ4n) is 2.36. The predicted molar refractivity (Wildman–Crippen MR) is 90.3 cm³/mol. The molecule has 0 saturated heterocycles. The molecule has 5 nitrogen and oxygen atoms in total. The van der Waals surface area contributed by atoms with Crippen LogP contribution in [-0.2, 0) is 4.79 Å². The van der Waals surface area contributed by atoms with Crippen molar-refractivity contribution in [1.29, 1.82) is 0 Å². The van der Waals surface area contributed by atoms with Gasteiger partial charge in [-0.2, -0.15) is 0 Å². The summed E-state index contributed by atoms with van der Waals surface area (Å²) in [6, 6.07) is 7.60. The zero-order valence-corrected chi connectivity index (χ0v) is 14.1. The lowest BCUT2D eigenvalue weighted by molar-refractivity contribution is -0.121. The van der Waals surface area contributed by atoms with Crippen molar-refractivity contribution < 1.29 is 9.59 Å². The molecule has 0 aliphatic rings. The number of benzene rings is 1. The van der Waals surface area contributed by atoms with Crippen LogP contribution in [0.2, 0.25) is 0 Å². The van der Waals surface area contributed by atoms with E-state index in [1.54, 1.807) is 11.9 Å². The Morgan fingerprint density at radius 3 is 2.09 bits per heavy atom. The Morgan fingerprint density at radius 1 is 1.05 bits per heavy atom. The number of anilines is 1. The normalized spacial score (nSPS) is 10.2. The molecule has 0 aliphatic heterocycles. The molecule has 0 bridgehead atoms. The Bertz CT molecular complexity index is 481. The molecule has 0 aromatic heterocycles. The number of hydrogen-bond acceptors (Lipinski definition) is 3. The number of carbonyl (C=O) groups excluding carboxylic acids is 2. The molecule has 5 heteroatoms. The lowest BCUT2D eigenvalue weighted by Gasteiger charge is -2.23. The molecule has 0 heterocycles. The van der Waals surface area contributed by atoms with Gasteiger partial charge in [-0.25, -0.2) is 0 Å². The lowest BCUT2D eigenvalue weighted by atomic mass is 10.1. The molecule has 22 heavy (non-hydrogen) atoms. The van der Waals surface area contributed by atoms with Gasteiger partial charge in [0.15, 0.2) is 0 Å². The number of hydrogen-bond donors (Lipinski definition) is 1. The van der Waals surface area contributed by atoms with Gasteiger partial charge >= 0.3 is 0 Å². The van der Waals surface area contributed by atoms with Crippen molar-refractivity contribution in [3.8, 4) is 0 Å². The Balaban J connectivity index is 2.87. The van der Waals surface area contributed by atoms with Crippen molar-refractivity contribution in [2.45, 2.75) is 27.2 Å². The fraction of sp³-hybridized carbons (Fsp3) is 0.529. The Labute approximate surface area is 133 Å². The van der Waals surface area contributed by atoms with E-state index in [9.17, 15) is 9.59 Å². The summed E-state index contributed by atoms with van der Waals surface area (Å²) in [4.78, 5) is 27.9. The molecule has 2 amide bonds. The summed E-state index contributed by atoms with van der Waals surface area (Å²) < 4.78 is 0. The van der Waals surface area contributed by atoms with Crippen LogP contribution in [0, 0.1) is 0 Å². The van der Waals surface area contributed by atoms with E-state index in [1.807, 2.05) is 31.2 Å². The van der Waals surface area contributed by atoms with E-state index in [-0.39, 0.29) is 18.4 Å². The molecule has 0 saturated carbocycles. The predicted octanol–water partition coefficient (Wildman–Crippen LogP) is 2.13. The molecular formula is C17H27N3O2. The number of nitrogens with zero attached hydrogens (tertiary/aromatic N) is 2. The second-order valence-corrected chi connectivity index (χ2v) is 5.12. The SMILES string of the molecule is CCCN(CC(=O)NC)C(=O)c1ccc(N(CC)CC)cc1. The van der Waals surface area contributed by atoms with Gasteiger partial charge in [0.1, 0.15) is 0 Å². The van der Waals surface area contributed by atoms with E-state index in [2.05, 4.69) is 24.1 Å². The van der Waals surface area contributed by atoms with Gasteiger partial charge in [-0.3, -0.25) is 9.59 Å². The van der Waals surface area contributed by atoms with Gasteiger partial charge in [0.05, 0.1) is 6.54 Å². The minimum Gasteiger partial charge on any atom is -0.372 e. The highest BCUT2D eigenvalue weighted by Crippen LogP contribution is 2.16. The van der Waals surface area contributed by atoms with Crippen molar-refractivity contribution >= 4 is 17.5 Å². The molecule has 0 radical (unpaired) electrons. The molecule has 1 N–H and O–H groups in total. The van der Waals surface area contributed by atoms with Crippen LogP contribution in [0.1, 0.15) is 37.6 Å². The molecule has 1 aromatic rings. The fourth-order valence-corrected chi connectivity index (χ4v) is 2.36. The van der Waals surface area contributed by atoms with E-state index in [1.165, 1.54) is 0 Å².